The quantitative estimate of drug-likeness (QED) is 0.859. The third-order valence-corrected chi connectivity index (χ3v) is 5.88. The van der Waals surface area contributed by atoms with Gasteiger partial charge in [0.1, 0.15) is 0 Å². The average Bonchev–Trinajstić information content (AvgIpc) is 2.96. The summed E-state index contributed by atoms with van der Waals surface area (Å²) in [5.41, 5.74) is 3.95. The van der Waals surface area contributed by atoms with E-state index in [2.05, 4.69) is 4.72 Å². The van der Waals surface area contributed by atoms with Gasteiger partial charge in [-0.25, -0.2) is 13.1 Å². The fourth-order valence-electron chi connectivity index (χ4n) is 3.22. The lowest BCUT2D eigenvalue weighted by Crippen LogP contribution is -2.28. The Morgan fingerprint density at radius 2 is 1.72 bits per heavy atom. The first-order valence-corrected chi connectivity index (χ1v) is 9.87. The van der Waals surface area contributed by atoms with Crippen LogP contribution in [0.5, 0.6) is 11.5 Å². The molecular formula is C19H23NO4S. The van der Waals surface area contributed by atoms with Crippen LogP contribution in [0, 0.1) is 6.92 Å². The van der Waals surface area contributed by atoms with Crippen LogP contribution in [0.3, 0.4) is 0 Å². The molecule has 2 aromatic rings. The van der Waals surface area contributed by atoms with E-state index in [-0.39, 0.29) is 11.8 Å². The van der Waals surface area contributed by atoms with Crippen LogP contribution < -0.4 is 14.2 Å². The molecule has 0 saturated carbocycles. The smallest absolute Gasteiger partial charge is 0.216 e. The minimum absolute atomic E-state index is 0.0214. The number of rotatable bonds is 6. The molecule has 3 rings (SSSR count). The number of benzene rings is 2. The Morgan fingerprint density at radius 1 is 1.08 bits per heavy atom. The Bertz CT molecular complexity index is 860. The molecule has 1 aliphatic rings. The number of hydrogen-bond acceptors (Lipinski definition) is 4. The molecule has 2 aromatic carbocycles. The van der Waals surface area contributed by atoms with Crippen LogP contribution >= 0.6 is 0 Å². The molecule has 1 atom stereocenters. The van der Waals surface area contributed by atoms with Crippen molar-refractivity contribution in [2.75, 3.05) is 14.2 Å². The summed E-state index contributed by atoms with van der Waals surface area (Å²) in [5, 5.41) is 0. The highest BCUT2D eigenvalue weighted by Crippen LogP contribution is 2.39. The minimum atomic E-state index is -3.43. The van der Waals surface area contributed by atoms with Crippen LogP contribution in [-0.2, 0) is 22.2 Å². The van der Waals surface area contributed by atoms with E-state index in [1.807, 2.05) is 43.3 Å². The predicted octanol–water partition coefficient (Wildman–Crippen LogP) is 3.12. The maximum absolute atomic E-state index is 12.6. The van der Waals surface area contributed by atoms with Gasteiger partial charge in [-0.2, -0.15) is 0 Å². The molecule has 1 unspecified atom stereocenters. The lowest BCUT2D eigenvalue weighted by molar-refractivity contribution is 0.354. The number of fused-ring (bicyclic) bond motifs is 1. The summed E-state index contributed by atoms with van der Waals surface area (Å²) < 4.78 is 38.6. The molecule has 0 fully saturated rings. The number of methoxy groups -OCH3 is 2. The number of nitrogens with one attached hydrogen (secondary N) is 1. The third kappa shape index (κ3) is 3.96. The van der Waals surface area contributed by atoms with E-state index in [0.29, 0.717) is 11.5 Å². The number of ether oxygens (including phenoxy) is 2. The third-order valence-electron chi connectivity index (χ3n) is 4.52. The maximum Gasteiger partial charge on any atom is 0.216 e. The molecule has 1 N–H and O–H groups in total. The topological polar surface area (TPSA) is 64.6 Å². The first-order chi connectivity index (χ1) is 11.9. The molecule has 0 spiro atoms. The van der Waals surface area contributed by atoms with Gasteiger partial charge in [0.25, 0.3) is 0 Å². The van der Waals surface area contributed by atoms with Crippen LogP contribution in [0.4, 0.5) is 0 Å². The molecule has 0 saturated heterocycles. The summed E-state index contributed by atoms with van der Waals surface area (Å²) in [4.78, 5) is 0. The summed E-state index contributed by atoms with van der Waals surface area (Å²) in [6.07, 6.45) is 1.55. The second-order valence-electron chi connectivity index (χ2n) is 6.36. The summed E-state index contributed by atoms with van der Waals surface area (Å²) in [5.74, 6) is 1.27. The highest BCUT2D eigenvalue weighted by molar-refractivity contribution is 7.88. The van der Waals surface area contributed by atoms with Gasteiger partial charge in [0.05, 0.1) is 20.0 Å². The van der Waals surface area contributed by atoms with E-state index < -0.39 is 10.0 Å². The van der Waals surface area contributed by atoms with Gasteiger partial charge in [0.15, 0.2) is 11.5 Å². The van der Waals surface area contributed by atoms with Gasteiger partial charge in [-0.3, -0.25) is 0 Å². The van der Waals surface area contributed by atoms with Gasteiger partial charge in [-0.1, -0.05) is 29.8 Å². The van der Waals surface area contributed by atoms with Crippen LogP contribution in [0.25, 0.3) is 0 Å². The van der Waals surface area contributed by atoms with E-state index >= 15 is 0 Å². The Labute approximate surface area is 149 Å². The normalized spacial score (nSPS) is 16.5. The van der Waals surface area contributed by atoms with Crippen LogP contribution in [0.15, 0.2) is 36.4 Å². The van der Waals surface area contributed by atoms with Crippen molar-refractivity contribution in [1.82, 2.24) is 4.72 Å². The van der Waals surface area contributed by atoms with Gasteiger partial charge < -0.3 is 9.47 Å². The Morgan fingerprint density at radius 3 is 2.36 bits per heavy atom. The number of aryl methyl sites for hydroxylation is 2. The van der Waals surface area contributed by atoms with Crippen molar-refractivity contribution in [3.05, 3.63) is 58.7 Å². The largest absolute Gasteiger partial charge is 0.493 e. The second-order valence-corrected chi connectivity index (χ2v) is 8.11. The number of sulfonamides is 1. The first-order valence-electron chi connectivity index (χ1n) is 8.22. The number of hydrogen-bond donors (Lipinski definition) is 1. The SMILES string of the molecule is COc1cc2c(cc1OC)C(NS(=O)(=O)Cc1ccc(C)cc1)CC2. The van der Waals surface area contributed by atoms with Gasteiger partial charge >= 0.3 is 0 Å². The lowest BCUT2D eigenvalue weighted by atomic mass is 10.1. The van der Waals surface area contributed by atoms with E-state index in [1.54, 1.807) is 14.2 Å². The Hall–Kier alpha value is -2.05. The molecule has 0 amide bonds. The van der Waals surface area contributed by atoms with Crippen molar-refractivity contribution in [3.8, 4) is 11.5 Å². The van der Waals surface area contributed by atoms with Crippen molar-refractivity contribution < 1.29 is 17.9 Å². The highest BCUT2D eigenvalue weighted by atomic mass is 32.2. The van der Waals surface area contributed by atoms with E-state index in [0.717, 1.165) is 35.1 Å². The Kier molecular flexibility index (Phi) is 5.01. The molecule has 0 aliphatic heterocycles. The van der Waals surface area contributed by atoms with Crippen molar-refractivity contribution >= 4 is 10.0 Å². The van der Waals surface area contributed by atoms with E-state index in [1.165, 1.54) is 0 Å². The van der Waals surface area contributed by atoms with Gasteiger partial charge in [-0.05, 0) is 48.6 Å². The fraction of sp³-hybridized carbons (Fsp3) is 0.368. The van der Waals surface area contributed by atoms with Crippen LogP contribution in [0.2, 0.25) is 0 Å². The zero-order valence-corrected chi connectivity index (χ0v) is 15.5. The molecule has 134 valence electrons. The predicted molar refractivity (Wildman–Crippen MR) is 97.5 cm³/mol. The monoisotopic (exact) mass is 361 g/mol. The lowest BCUT2D eigenvalue weighted by Gasteiger charge is -2.16. The van der Waals surface area contributed by atoms with Gasteiger partial charge in [-0.15, -0.1) is 0 Å². The van der Waals surface area contributed by atoms with Crippen LogP contribution in [0.1, 0.15) is 34.7 Å². The summed E-state index contributed by atoms with van der Waals surface area (Å²) in [6, 6.07) is 11.1. The molecule has 0 bridgehead atoms. The van der Waals surface area contributed by atoms with Gasteiger partial charge in [0, 0.05) is 6.04 Å². The maximum atomic E-state index is 12.6. The summed E-state index contributed by atoms with van der Waals surface area (Å²) in [6.45, 7) is 1.98. The molecule has 25 heavy (non-hydrogen) atoms. The second kappa shape index (κ2) is 7.06. The van der Waals surface area contributed by atoms with Crippen molar-refractivity contribution in [2.24, 2.45) is 0 Å². The minimum Gasteiger partial charge on any atom is -0.493 e. The molecular weight excluding hydrogens is 338 g/mol. The molecule has 0 heterocycles. The van der Waals surface area contributed by atoms with Crippen LogP contribution in [-0.4, -0.2) is 22.6 Å². The highest BCUT2D eigenvalue weighted by Gasteiger charge is 2.28. The molecule has 1 aliphatic carbocycles. The standard InChI is InChI=1S/C19H23NO4S/c1-13-4-6-14(7-5-13)12-25(21,22)20-17-9-8-15-10-18(23-2)19(24-3)11-16(15)17/h4-7,10-11,17,20H,8-9,12H2,1-3H3. The summed E-state index contributed by atoms with van der Waals surface area (Å²) >= 11 is 0. The van der Waals surface area contributed by atoms with Crippen molar-refractivity contribution in [3.63, 3.8) is 0 Å². The summed E-state index contributed by atoms with van der Waals surface area (Å²) in [7, 11) is -0.254. The van der Waals surface area contributed by atoms with Gasteiger partial charge in [0.2, 0.25) is 10.0 Å². The average molecular weight is 361 g/mol. The zero-order chi connectivity index (χ0) is 18.0. The van der Waals surface area contributed by atoms with E-state index in [9.17, 15) is 8.42 Å². The molecule has 0 aromatic heterocycles. The van der Waals surface area contributed by atoms with E-state index in [4.69, 9.17) is 9.47 Å². The van der Waals surface area contributed by atoms with Crippen molar-refractivity contribution in [2.45, 2.75) is 31.6 Å². The molecule has 0 radical (unpaired) electrons. The molecule has 5 nitrogen and oxygen atoms in total. The van der Waals surface area contributed by atoms with Crippen molar-refractivity contribution in [1.29, 1.82) is 0 Å². The zero-order valence-electron chi connectivity index (χ0n) is 14.7. The first kappa shape index (κ1) is 17.8. The molecule has 6 heteroatoms. The Balaban J connectivity index is 1.79. The fourth-order valence-corrected chi connectivity index (χ4v) is 4.61.